The summed E-state index contributed by atoms with van der Waals surface area (Å²) in [5.41, 5.74) is 2.18. The fourth-order valence-electron chi connectivity index (χ4n) is 3.09. The molecular weight excluding hydrogens is 282 g/mol. The van der Waals surface area contributed by atoms with Crippen molar-refractivity contribution in [3.8, 4) is 5.75 Å². The first-order chi connectivity index (χ1) is 10.5. The Bertz CT molecular complexity index is 756. The number of benzene rings is 1. The summed E-state index contributed by atoms with van der Waals surface area (Å²) < 4.78 is 6.92. The average Bonchev–Trinajstić information content (AvgIpc) is 2.68. The predicted molar refractivity (Wildman–Crippen MR) is 82.5 cm³/mol. The van der Waals surface area contributed by atoms with Crippen molar-refractivity contribution in [2.24, 2.45) is 5.92 Å². The van der Waals surface area contributed by atoms with Crippen molar-refractivity contribution in [2.75, 3.05) is 7.11 Å². The van der Waals surface area contributed by atoms with Gasteiger partial charge in [0.15, 0.2) is 0 Å². The third kappa shape index (κ3) is 2.26. The second-order valence-electron chi connectivity index (χ2n) is 5.82. The van der Waals surface area contributed by atoms with E-state index in [0.717, 1.165) is 35.9 Å². The van der Waals surface area contributed by atoms with Gasteiger partial charge in [-0.15, -0.1) is 0 Å². The summed E-state index contributed by atoms with van der Waals surface area (Å²) in [6.45, 7) is 1.82. The highest BCUT2D eigenvalue weighted by Crippen LogP contribution is 2.34. The molecule has 1 fully saturated rings. The van der Waals surface area contributed by atoms with Crippen molar-refractivity contribution in [2.45, 2.75) is 32.6 Å². The Kier molecular flexibility index (Phi) is 3.64. The molecule has 1 aromatic carbocycles. The van der Waals surface area contributed by atoms with Gasteiger partial charge in [-0.3, -0.25) is 14.2 Å². The maximum Gasteiger partial charge on any atom is 0.307 e. The van der Waals surface area contributed by atoms with Gasteiger partial charge >= 0.3 is 5.97 Å². The highest BCUT2D eigenvalue weighted by Gasteiger charge is 2.30. The number of aromatic nitrogens is 1. The molecule has 1 aliphatic carbocycles. The van der Waals surface area contributed by atoms with Crippen molar-refractivity contribution in [3.05, 3.63) is 29.5 Å². The van der Waals surface area contributed by atoms with Crippen molar-refractivity contribution in [1.29, 1.82) is 0 Å². The van der Waals surface area contributed by atoms with E-state index >= 15 is 0 Å². The number of methoxy groups -OCH3 is 1. The number of nitrogens with zero attached hydrogens (tertiary/aromatic N) is 1. The Balaban J connectivity index is 2.20. The number of carbonyl (C=O) groups is 2. The van der Waals surface area contributed by atoms with Crippen LogP contribution in [-0.4, -0.2) is 28.7 Å². The van der Waals surface area contributed by atoms with Gasteiger partial charge in [-0.1, -0.05) is 6.42 Å². The molecule has 22 heavy (non-hydrogen) atoms. The van der Waals surface area contributed by atoms with Crippen LogP contribution in [-0.2, 0) is 11.2 Å². The molecule has 116 valence electrons. The number of carbonyl (C=O) groups excluding carboxylic acids is 1. The van der Waals surface area contributed by atoms with Crippen LogP contribution in [0.2, 0.25) is 0 Å². The van der Waals surface area contributed by atoms with Crippen LogP contribution in [0, 0.1) is 12.8 Å². The fraction of sp³-hybridized carbons (Fsp3) is 0.412. The summed E-state index contributed by atoms with van der Waals surface area (Å²) in [6, 6.07) is 5.45. The summed E-state index contributed by atoms with van der Waals surface area (Å²) in [5, 5.41) is 9.95. The van der Waals surface area contributed by atoms with Gasteiger partial charge < -0.3 is 9.84 Å². The van der Waals surface area contributed by atoms with E-state index < -0.39 is 5.97 Å². The van der Waals surface area contributed by atoms with Gasteiger partial charge in [0.1, 0.15) is 5.75 Å². The SMILES string of the molecule is COc1ccc2c(c1)c(CC(=O)O)c(C)n2C(=O)C1CCC1. The number of ether oxygens (including phenoxy) is 1. The second kappa shape index (κ2) is 5.48. The van der Waals surface area contributed by atoms with Gasteiger partial charge in [0.2, 0.25) is 5.91 Å². The molecule has 0 amide bonds. The molecular formula is C17H19NO4. The molecule has 2 aromatic rings. The number of hydrogen-bond donors (Lipinski definition) is 1. The van der Waals surface area contributed by atoms with Crippen LogP contribution in [0.3, 0.4) is 0 Å². The molecule has 1 N–H and O–H groups in total. The topological polar surface area (TPSA) is 68.5 Å². The number of aliphatic carboxylic acids is 1. The molecule has 1 aliphatic rings. The number of hydrogen-bond acceptors (Lipinski definition) is 3. The first kappa shape index (κ1) is 14.6. The van der Waals surface area contributed by atoms with Crippen LogP contribution < -0.4 is 4.74 Å². The fourth-order valence-corrected chi connectivity index (χ4v) is 3.09. The van der Waals surface area contributed by atoms with Gasteiger partial charge in [-0.05, 0) is 43.5 Å². The smallest absolute Gasteiger partial charge is 0.307 e. The Morgan fingerprint density at radius 2 is 2.09 bits per heavy atom. The standard InChI is InChI=1S/C17H19NO4/c1-10-13(9-16(19)20)14-8-12(22-2)6-7-15(14)18(10)17(21)11-4-3-5-11/h6-8,11H,3-5,9H2,1-2H3,(H,19,20). The van der Waals surface area contributed by atoms with Gasteiger partial charge in [0, 0.05) is 17.0 Å². The molecule has 1 saturated carbocycles. The predicted octanol–water partition coefficient (Wildman–Crippen LogP) is 3.03. The monoisotopic (exact) mass is 301 g/mol. The molecule has 5 nitrogen and oxygen atoms in total. The Morgan fingerprint density at radius 1 is 1.36 bits per heavy atom. The largest absolute Gasteiger partial charge is 0.497 e. The van der Waals surface area contributed by atoms with E-state index in [9.17, 15) is 9.59 Å². The minimum Gasteiger partial charge on any atom is -0.497 e. The van der Waals surface area contributed by atoms with E-state index in [1.165, 1.54) is 0 Å². The lowest BCUT2D eigenvalue weighted by molar-refractivity contribution is -0.136. The molecule has 0 atom stereocenters. The summed E-state index contributed by atoms with van der Waals surface area (Å²) >= 11 is 0. The normalized spacial score (nSPS) is 14.8. The quantitative estimate of drug-likeness (QED) is 0.942. The maximum absolute atomic E-state index is 12.7. The molecule has 0 spiro atoms. The summed E-state index contributed by atoms with van der Waals surface area (Å²) in [5.74, 6) is -0.0990. The third-order valence-electron chi connectivity index (χ3n) is 4.54. The molecule has 1 aromatic heterocycles. The molecule has 5 heteroatoms. The Labute approximate surface area is 128 Å². The van der Waals surface area contributed by atoms with E-state index in [1.54, 1.807) is 17.7 Å². The summed E-state index contributed by atoms with van der Waals surface area (Å²) in [4.78, 5) is 23.9. The van der Waals surface area contributed by atoms with Gasteiger partial charge in [0.25, 0.3) is 0 Å². The van der Waals surface area contributed by atoms with Crippen molar-refractivity contribution < 1.29 is 19.4 Å². The van der Waals surface area contributed by atoms with E-state index in [4.69, 9.17) is 9.84 Å². The van der Waals surface area contributed by atoms with Gasteiger partial charge in [0.05, 0.1) is 19.0 Å². The Morgan fingerprint density at radius 3 is 2.64 bits per heavy atom. The highest BCUT2D eigenvalue weighted by atomic mass is 16.5. The van der Waals surface area contributed by atoms with Crippen LogP contribution in [0.25, 0.3) is 10.9 Å². The van der Waals surface area contributed by atoms with Crippen LogP contribution >= 0.6 is 0 Å². The second-order valence-corrected chi connectivity index (χ2v) is 5.82. The zero-order valence-electron chi connectivity index (χ0n) is 12.8. The van der Waals surface area contributed by atoms with Crippen molar-refractivity contribution in [3.63, 3.8) is 0 Å². The van der Waals surface area contributed by atoms with Crippen molar-refractivity contribution >= 4 is 22.8 Å². The lowest BCUT2D eigenvalue weighted by atomic mass is 9.84. The number of fused-ring (bicyclic) bond motifs is 1. The molecule has 0 unspecified atom stereocenters. The molecule has 1 heterocycles. The molecule has 0 aliphatic heterocycles. The molecule has 0 bridgehead atoms. The van der Waals surface area contributed by atoms with Crippen LogP contribution in [0.15, 0.2) is 18.2 Å². The van der Waals surface area contributed by atoms with Gasteiger partial charge in [-0.25, -0.2) is 0 Å². The first-order valence-electron chi connectivity index (χ1n) is 7.47. The van der Waals surface area contributed by atoms with E-state index in [2.05, 4.69) is 0 Å². The molecule has 0 radical (unpaired) electrons. The number of rotatable bonds is 4. The minimum atomic E-state index is -0.902. The maximum atomic E-state index is 12.7. The lowest BCUT2D eigenvalue weighted by Gasteiger charge is -2.25. The zero-order chi connectivity index (χ0) is 15.9. The number of carboxylic acid groups (broad SMARTS) is 1. The first-order valence-corrected chi connectivity index (χ1v) is 7.47. The van der Waals surface area contributed by atoms with Crippen LogP contribution in [0.1, 0.15) is 35.3 Å². The Hall–Kier alpha value is -2.30. The number of carboxylic acids is 1. The van der Waals surface area contributed by atoms with Crippen LogP contribution in [0.4, 0.5) is 0 Å². The summed E-state index contributed by atoms with van der Waals surface area (Å²) in [6.07, 6.45) is 2.83. The van der Waals surface area contributed by atoms with Crippen molar-refractivity contribution in [1.82, 2.24) is 4.57 Å². The van der Waals surface area contributed by atoms with E-state index in [-0.39, 0.29) is 18.2 Å². The summed E-state index contributed by atoms with van der Waals surface area (Å²) in [7, 11) is 1.57. The lowest BCUT2D eigenvalue weighted by Crippen LogP contribution is -2.28. The van der Waals surface area contributed by atoms with E-state index in [0.29, 0.717) is 11.3 Å². The highest BCUT2D eigenvalue weighted by molar-refractivity contribution is 5.99. The average molecular weight is 301 g/mol. The van der Waals surface area contributed by atoms with Gasteiger partial charge in [-0.2, -0.15) is 0 Å². The third-order valence-corrected chi connectivity index (χ3v) is 4.54. The minimum absolute atomic E-state index is 0.0640. The van der Waals surface area contributed by atoms with Crippen LogP contribution in [0.5, 0.6) is 5.75 Å². The zero-order valence-corrected chi connectivity index (χ0v) is 12.8. The molecule has 0 saturated heterocycles. The van der Waals surface area contributed by atoms with E-state index in [1.807, 2.05) is 19.1 Å². The molecule has 3 rings (SSSR count).